The summed E-state index contributed by atoms with van der Waals surface area (Å²) in [5.41, 5.74) is 0. The number of halogens is 1. The third-order valence-electron chi connectivity index (χ3n) is 1.95. The number of alkyl halides is 1. The second-order valence-electron chi connectivity index (χ2n) is 2.74. The molecule has 0 saturated heterocycles. The van der Waals surface area contributed by atoms with Gasteiger partial charge < -0.3 is 5.11 Å². The van der Waals surface area contributed by atoms with Crippen LogP contribution in [0.25, 0.3) is 0 Å². The normalized spacial score (nSPS) is 20.1. The molecule has 0 aliphatic carbocycles. The number of aliphatic hydroxyl groups excluding tert-OH is 1. The standard InChI is InChI=1S/C8H17FO/c1-4-7(6(3)10)8(9)5-2/h6-8,10H,4-5H2,1-3H3. The van der Waals surface area contributed by atoms with Gasteiger partial charge in [0, 0.05) is 5.92 Å². The summed E-state index contributed by atoms with van der Waals surface area (Å²) in [6, 6.07) is 0. The lowest BCUT2D eigenvalue weighted by Gasteiger charge is -2.20. The van der Waals surface area contributed by atoms with Crippen LogP contribution in [0.5, 0.6) is 0 Å². The van der Waals surface area contributed by atoms with Crippen LogP contribution < -0.4 is 0 Å². The Kier molecular flexibility index (Phi) is 4.62. The first-order valence-electron chi connectivity index (χ1n) is 3.95. The van der Waals surface area contributed by atoms with Crippen molar-refractivity contribution in [1.82, 2.24) is 0 Å². The Morgan fingerprint density at radius 3 is 1.90 bits per heavy atom. The first-order valence-corrected chi connectivity index (χ1v) is 3.95. The Morgan fingerprint density at radius 2 is 1.80 bits per heavy atom. The van der Waals surface area contributed by atoms with Crippen molar-refractivity contribution in [2.24, 2.45) is 5.92 Å². The number of aliphatic hydroxyl groups is 1. The highest BCUT2D eigenvalue weighted by Crippen LogP contribution is 2.18. The van der Waals surface area contributed by atoms with E-state index in [4.69, 9.17) is 5.11 Å². The van der Waals surface area contributed by atoms with Gasteiger partial charge in [0.2, 0.25) is 0 Å². The molecule has 1 N–H and O–H groups in total. The Hall–Kier alpha value is -0.110. The molecule has 62 valence electrons. The quantitative estimate of drug-likeness (QED) is 0.647. The van der Waals surface area contributed by atoms with Gasteiger partial charge in [0.15, 0.2) is 0 Å². The number of hydrogen-bond donors (Lipinski definition) is 1. The van der Waals surface area contributed by atoms with Gasteiger partial charge in [0.25, 0.3) is 0 Å². The summed E-state index contributed by atoms with van der Waals surface area (Å²) in [5, 5.41) is 9.07. The fourth-order valence-electron chi connectivity index (χ4n) is 1.20. The van der Waals surface area contributed by atoms with E-state index in [2.05, 4.69) is 0 Å². The highest BCUT2D eigenvalue weighted by molar-refractivity contribution is 4.70. The van der Waals surface area contributed by atoms with E-state index in [0.29, 0.717) is 12.8 Å². The maximum Gasteiger partial charge on any atom is 0.105 e. The van der Waals surface area contributed by atoms with Crippen LogP contribution in [0.1, 0.15) is 33.6 Å². The van der Waals surface area contributed by atoms with Crippen molar-refractivity contribution in [1.29, 1.82) is 0 Å². The lowest BCUT2D eigenvalue weighted by molar-refractivity contribution is 0.0638. The summed E-state index contributed by atoms with van der Waals surface area (Å²) in [6.07, 6.45) is -0.138. The predicted molar refractivity (Wildman–Crippen MR) is 40.6 cm³/mol. The molecule has 0 aromatic rings. The molecule has 0 bridgehead atoms. The highest BCUT2D eigenvalue weighted by atomic mass is 19.1. The summed E-state index contributed by atoms with van der Waals surface area (Å²) in [5.74, 6) is -0.176. The van der Waals surface area contributed by atoms with Gasteiger partial charge in [-0.15, -0.1) is 0 Å². The number of rotatable bonds is 4. The lowest BCUT2D eigenvalue weighted by Crippen LogP contribution is -2.25. The minimum atomic E-state index is -0.843. The molecule has 0 aliphatic rings. The zero-order valence-electron chi connectivity index (χ0n) is 6.97. The average Bonchev–Trinajstić information content (AvgIpc) is 1.88. The fraction of sp³-hybridized carbons (Fsp3) is 1.00. The maximum atomic E-state index is 12.9. The van der Waals surface area contributed by atoms with Crippen LogP contribution in [-0.2, 0) is 0 Å². The molecule has 10 heavy (non-hydrogen) atoms. The van der Waals surface area contributed by atoms with E-state index in [1.807, 2.05) is 6.92 Å². The van der Waals surface area contributed by atoms with Crippen LogP contribution in [0, 0.1) is 5.92 Å². The van der Waals surface area contributed by atoms with Crippen LogP contribution in [0.4, 0.5) is 4.39 Å². The molecular formula is C8H17FO. The van der Waals surface area contributed by atoms with Crippen LogP contribution in [0.2, 0.25) is 0 Å². The van der Waals surface area contributed by atoms with Crippen molar-refractivity contribution in [2.75, 3.05) is 0 Å². The summed E-state index contributed by atoms with van der Waals surface area (Å²) in [7, 11) is 0. The molecule has 0 aliphatic heterocycles. The first kappa shape index (κ1) is 9.89. The monoisotopic (exact) mass is 148 g/mol. The van der Waals surface area contributed by atoms with E-state index in [-0.39, 0.29) is 5.92 Å². The zero-order chi connectivity index (χ0) is 8.15. The number of hydrogen-bond acceptors (Lipinski definition) is 1. The fourth-order valence-corrected chi connectivity index (χ4v) is 1.20. The average molecular weight is 148 g/mol. The zero-order valence-corrected chi connectivity index (χ0v) is 6.97. The van der Waals surface area contributed by atoms with E-state index in [1.165, 1.54) is 0 Å². The van der Waals surface area contributed by atoms with Crippen LogP contribution >= 0.6 is 0 Å². The van der Waals surface area contributed by atoms with E-state index < -0.39 is 12.3 Å². The van der Waals surface area contributed by atoms with E-state index in [1.54, 1.807) is 13.8 Å². The minimum absolute atomic E-state index is 0.176. The van der Waals surface area contributed by atoms with Crippen molar-refractivity contribution < 1.29 is 9.50 Å². The maximum absolute atomic E-state index is 12.9. The van der Waals surface area contributed by atoms with Crippen molar-refractivity contribution in [3.05, 3.63) is 0 Å². The summed E-state index contributed by atoms with van der Waals surface area (Å²) < 4.78 is 12.9. The molecule has 0 heterocycles. The molecule has 0 fully saturated rings. The van der Waals surface area contributed by atoms with Crippen molar-refractivity contribution in [2.45, 2.75) is 45.9 Å². The van der Waals surface area contributed by atoms with Gasteiger partial charge in [-0.2, -0.15) is 0 Å². The smallest absolute Gasteiger partial charge is 0.105 e. The van der Waals surface area contributed by atoms with Gasteiger partial charge >= 0.3 is 0 Å². The second-order valence-corrected chi connectivity index (χ2v) is 2.74. The molecule has 0 radical (unpaired) electrons. The summed E-state index contributed by atoms with van der Waals surface area (Å²) >= 11 is 0. The molecule has 0 aromatic heterocycles. The van der Waals surface area contributed by atoms with Gasteiger partial charge in [-0.1, -0.05) is 13.8 Å². The van der Waals surface area contributed by atoms with Crippen molar-refractivity contribution in [3.8, 4) is 0 Å². The highest BCUT2D eigenvalue weighted by Gasteiger charge is 2.21. The topological polar surface area (TPSA) is 20.2 Å². The first-order chi connectivity index (χ1) is 4.63. The third-order valence-corrected chi connectivity index (χ3v) is 1.95. The van der Waals surface area contributed by atoms with E-state index >= 15 is 0 Å². The van der Waals surface area contributed by atoms with Crippen molar-refractivity contribution >= 4 is 0 Å². The largest absolute Gasteiger partial charge is 0.393 e. The Morgan fingerprint density at radius 1 is 1.30 bits per heavy atom. The molecule has 2 heteroatoms. The minimum Gasteiger partial charge on any atom is -0.393 e. The van der Waals surface area contributed by atoms with E-state index in [0.717, 1.165) is 0 Å². The van der Waals surface area contributed by atoms with Crippen molar-refractivity contribution in [3.63, 3.8) is 0 Å². The van der Waals surface area contributed by atoms with Gasteiger partial charge in [0.05, 0.1) is 6.10 Å². The molecule has 1 nitrogen and oxygen atoms in total. The van der Waals surface area contributed by atoms with Gasteiger partial charge in [-0.3, -0.25) is 0 Å². The molecule has 0 spiro atoms. The predicted octanol–water partition coefficient (Wildman–Crippen LogP) is 2.14. The molecule has 0 saturated carbocycles. The molecule has 0 aromatic carbocycles. The third kappa shape index (κ3) is 2.65. The Labute approximate surface area is 62.3 Å². The SMILES string of the molecule is CCC(F)C(CC)C(C)O. The molecular weight excluding hydrogens is 131 g/mol. The van der Waals surface area contributed by atoms with Gasteiger partial charge in [-0.05, 0) is 19.8 Å². The Balaban J connectivity index is 3.80. The molecule has 0 rings (SSSR count). The second kappa shape index (κ2) is 4.67. The van der Waals surface area contributed by atoms with Crippen LogP contribution in [-0.4, -0.2) is 17.4 Å². The molecule has 3 atom stereocenters. The Bertz CT molecular complexity index is 83.3. The van der Waals surface area contributed by atoms with E-state index in [9.17, 15) is 4.39 Å². The van der Waals surface area contributed by atoms with Gasteiger partial charge in [0.1, 0.15) is 6.17 Å². The summed E-state index contributed by atoms with van der Waals surface area (Å²) in [6.45, 7) is 5.35. The van der Waals surface area contributed by atoms with Crippen LogP contribution in [0.3, 0.4) is 0 Å². The van der Waals surface area contributed by atoms with Crippen LogP contribution in [0.15, 0.2) is 0 Å². The lowest BCUT2D eigenvalue weighted by atomic mass is 9.94. The summed E-state index contributed by atoms with van der Waals surface area (Å²) in [4.78, 5) is 0. The van der Waals surface area contributed by atoms with Gasteiger partial charge in [-0.25, -0.2) is 4.39 Å². The molecule has 3 unspecified atom stereocenters. The molecule has 0 amide bonds.